The van der Waals surface area contributed by atoms with Crippen LogP contribution in [-0.2, 0) is 14.3 Å². The van der Waals surface area contributed by atoms with Crippen LogP contribution in [0.3, 0.4) is 0 Å². The van der Waals surface area contributed by atoms with Gasteiger partial charge in [-0.05, 0) is 6.92 Å². The van der Waals surface area contributed by atoms with Gasteiger partial charge in [0.25, 0.3) is 0 Å². The van der Waals surface area contributed by atoms with Crippen LogP contribution in [-0.4, -0.2) is 47.5 Å². The maximum absolute atomic E-state index is 10.4. The van der Waals surface area contributed by atoms with Gasteiger partial charge in [-0.2, -0.15) is 0 Å². The number of carbonyl (C=O) groups excluding carboxylic acids is 2. The Morgan fingerprint density at radius 2 is 1.90 bits per heavy atom. The zero-order chi connectivity index (χ0) is 7.44. The van der Waals surface area contributed by atoms with Crippen LogP contribution in [0.2, 0.25) is 0 Å². The van der Waals surface area contributed by atoms with Gasteiger partial charge in [0, 0.05) is 6.92 Å². The molecule has 5 heteroatoms. The summed E-state index contributed by atoms with van der Waals surface area (Å²) < 4.78 is 4.11. The molecule has 0 aromatic carbocycles. The molecule has 1 atom stereocenters. The average Bonchev–Trinajstić information content (AvgIpc) is 1.63. The molecule has 0 aromatic heterocycles. The molecule has 0 aliphatic carbocycles. The van der Waals surface area contributed by atoms with Crippen molar-refractivity contribution in [3.8, 4) is 0 Å². The topological polar surface area (TPSA) is 69.4 Å². The summed E-state index contributed by atoms with van der Waals surface area (Å²) in [6, 6.07) is -0.728. The minimum absolute atomic E-state index is 0. The number of ether oxygens (including phenoxy) is 1. The van der Waals surface area contributed by atoms with Crippen molar-refractivity contribution >= 4 is 41.5 Å². The molecule has 0 bridgehead atoms. The summed E-state index contributed by atoms with van der Waals surface area (Å²) in [6.45, 7) is 2.60. The molecule has 0 rings (SSSR count). The van der Waals surface area contributed by atoms with Gasteiger partial charge in [-0.3, -0.25) is 4.79 Å². The molecule has 0 aromatic rings. The fourth-order valence-electron chi connectivity index (χ4n) is 0.235. The van der Waals surface area contributed by atoms with Crippen LogP contribution in [0.5, 0.6) is 0 Å². The zero-order valence-corrected chi connectivity index (χ0v) is 5.38. The van der Waals surface area contributed by atoms with Crippen LogP contribution in [0.1, 0.15) is 13.8 Å². The quantitative estimate of drug-likeness (QED) is 0.292. The Hall–Kier alpha value is 0.1000. The Kier molecular flexibility index (Phi) is 7.46. The first-order valence-corrected chi connectivity index (χ1v) is 2.52. The molecule has 0 aliphatic rings. The summed E-state index contributed by atoms with van der Waals surface area (Å²) in [4.78, 5) is 20.4. The van der Waals surface area contributed by atoms with E-state index in [4.69, 9.17) is 5.73 Å². The number of hydrogen-bond donors (Lipinski definition) is 1. The molecule has 0 radical (unpaired) electrons. The Labute approximate surface area is 81.4 Å². The van der Waals surface area contributed by atoms with Crippen molar-refractivity contribution in [2.75, 3.05) is 0 Å². The molecular weight excluding hydrogens is 145 g/mol. The molecule has 0 fully saturated rings. The van der Waals surface area contributed by atoms with Crippen LogP contribution in [0.15, 0.2) is 0 Å². The molecule has 0 saturated heterocycles. The second kappa shape index (κ2) is 5.85. The molecule has 0 aliphatic heterocycles. The second-order valence-corrected chi connectivity index (χ2v) is 1.70. The van der Waals surface area contributed by atoms with E-state index in [2.05, 4.69) is 4.74 Å². The first kappa shape index (κ1) is 12.7. The summed E-state index contributed by atoms with van der Waals surface area (Å²) in [5.74, 6) is -1.32. The van der Waals surface area contributed by atoms with E-state index in [9.17, 15) is 9.59 Å². The molecule has 2 N–H and O–H groups in total. The van der Waals surface area contributed by atoms with Crippen LogP contribution >= 0.6 is 0 Å². The van der Waals surface area contributed by atoms with Crippen LogP contribution in [0.4, 0.5) is 0 Å². The third-order valence-electron chi connectivity index (χ3n) is 0.616. The number of nitrogens with two attached hydrogens (primary N) is 1. The standard InChI is InChI=1S/C5H9NO3.Na.H/c1-3(6)5(8)9-4(2)7;;/h3H,6H2,1-2H3;;/t3-;;/m0../s1. The van der Waals surface area contributed by atoms with E-state index in [-0.39, 0.29) is 29.6 Å². The number of hydrogen-bond acceptors (Lipinski definition) is 4. The third kappa shape index (κ3) is 6.22. The maximum atomic E-state index is 10.4. The SMILES string of the molecule is CC(=O)OC(=O)[C@H](C)N.[NaH]. The fourth-order valence-corrected chi connectivity index (χ4v) is 0.235. The Balaban J connectivity index is 0. The molecule has 0 saturated carbocycles. The van der Waals surface area contributed by atoms with E-state index in [1.807, 2.05) is 0 Å². The molecule has 0 amide bonds. The van der Waals surface area contributed by atoms with Crippen LogP contribution in [0, 0.1) is 0 Å². The first-order chi connectivity index (χ1) is 4.04. The van der Waals surface area contributed by atoms with Gasteiger partial charge in [-0.1, -0.05) is 0 Å². The summed E-state index contributed by atoms with van der Waals surface area (Å²) in [5.41, 5.74) is 5.06. The van der Waals surface area contributed by atoms with Crippen molar-refractivity contribution in [1.29, 1.82) is 0 Å². The second-order valence-electron chi connectivity index (χ2n) is 1.70. The molecular formula is C5H10NNaO3. The number of carbonyl (C=O) groups is 2. The molecule has 0 heterocycles. The van der Waals surface area contributed by atoms with E-state index >= 15 is 0 Å². The van der Waals surface area contributed by atoms with Crippen LogP contribution in [0.25, 0.3) is 0 Å². The van der Waals surface area contributed by atoms with Crippen molar-refractivity contribution in [3.63, 3.8) is 0 Å². The van der Waals surface area contributed by atoms with Crippen molar-refractivity contribution in [2.45, 2.75) is 19.9 Å². The summed E-state index contributed by atoms with van der Waals surface area (Å²) in [7, 11) is 0. The Morgan fingerprint density at radius 3 is 2.00 bits per heavy atom. The summed E-state index contributed by atoms with van der Waals surface area (Å²) in [5, 5.41) is 0. The van der Waals surface area contributed by atoms with Gasteiger partial charge in [0.1, 0.15) is 6.04 Å². The van der Waals surface area contributed by atoms with Crippen LogP contribution < -0.4 is 5.73 Å². The van der Waals surface area contributed by atoms with E-state index in [0.29, 0.717) is 0 Å². The van der Waals surface area contributed by atoms with E-state index < -0.39 is 18.0 Å². The van der Waals surface area contributed by atoms with Crippen molar-refractivity contribution in [3.05, 3.63) is 0 Å². The molecule has 0 unspecified atom stereocenters. The number of esters is 2. The van der Waals surface area contributed by atoms with Crippen molar-refractivity contribution in [2.24, 2.45) is 5.73 Å². The first-order valence-electron chi connectivity index (χ1n) is 2.52. The molecule has 54 valence electrons. The summed E-state index contributed by atoms with van der Waals surface area (Å²) >= 11 is 0. The minimum atomic E-state index is -0.728. The van der Waals surface area contributed by atoms with Gasteiger partial charge in [0.15, 0.2) is 0 Å². The Morgan fingerprint density at radius 1 is 1.50 bits per heavy atom. The van der Waals surface area contributed by atoms with E-state index in [1.165, 1.54) is 6.92 Å². The predicted octanol–water partition coefficient (Wildman–Crippen LogP) is -1.23. The van der Waals surface area contributed by atoms with Gasteiger partial charge in [0.2, 0.25) is 0 Å². The monoisotopic (exact) mass is 155 g/mol. The van der Waals surface area contributed by atoms with Gasteiger partial charge in [-0.25, -0.2) is 4.79 Å². The molecule has 4 nitrogen and oxygen atoms in total. The number of rotatable bonds is 1. The van der Waals surface area contributed by atoms with E-state index in [0.717, 1.165) is 6.92 Å². The van der Waals surface area contributed by atoms with Gasteiger partial charge in [0.05, 0.1) is 0 Å². The molecule has 10 heavy (non-hydrogen) atoms. The van der Waals surface area contributed by atoms with Gasteiger partial charge >= 0.3 is 41.5 Å². The predicted molar refractivity (Wildman–Crippen MR) is 37.6 cm³/mol. The fraction of sp³-hybridized carbons (Fsp3) is 0.600. The average molecular weight is 155 g/mol. The Bertz CT molecular complexity index is 135. The third-order valence-corrected chi connectivity index (χ3v) is 0.616. The summed E-state index contributed by atoms with van der Waals surface area (Å²) in [6.07, 6.45) is 0. The van der Waals surface area contributed by atoms with Gasteiger partial charge in [-0.15, -0.1) is 0 Å². The zero-order valence-electron chi connectivity index (χ0n) is 5.38. The normalized spacial score (nSPS) is 11.1. The van der Waals surface area contributed by atoms with Crippen molar-refractivity contribution < 1.29 is 14.3 Å². The molecule has 0 spiro atoms. The van der Waals surface area contributed by atoms with Crippen molar-refractivity contribution in [1.82, 2.24) is 0 Å². The van der Waals surface area contributed by atoms with Gasteiger partial charge < -0.3 is 10.5 Å². The van der Waals surface area contributed by atoms with E-state index in [1.54, 1.807) is 0 Å².